The molecule has 0 bridgehead atoms. The van der Waals surface area contributed by atoms with Crippen molar-refractivity contribution in [1.82, 2.24) is 0 Å². The molecule has 0 aromatic rings. The van der Waals surface area contributed by atoms with E-state index in [4.69, 9.17) is 4.74 Å². The van der Waals surface area contributed by atoms with Gasteiger partial charge in [-0.1, -0.05) is 6.92 Å². The molecule has 0 spiro atoms. The van der Waals surface area contributed by atoms with E-state index in [1.54, 1.807) is 27.7 Å². The first-order valence-electron chi connectivity index (χ1n) is 5.08. The van der Waals surface area contributed by atoms with Crippen LogP contribution in [0, 0.1) is 0 Å². The van der Waals surface area contributed by atoms with Crippen LogP contribution in [-0.4, -0.2) is 31.5 Å². The molecule has 0 aliphatic rings. The molecule has 0 unspecified atom stereocenters. The molecular weight excluding hydrogens is 216 g/mol. The number of sulfone groups is 1. The molecule has 90 valence electrons. The lowest BCUT2D eigenvalue weighted by atomic mass is 10.2. The average Bonchev–Trinajstić information content (AvgIpc) is 1.98. The maximum atomic E-state index is 11.3. The molecule has 5 heteroatoms. The Kier molecular flexibility index (Phi) is 5.28. The zero-order chi connectivity index (χ0) is 12.1. The number of esters is 1. The van der Waals surface area contributed by atoms with Crippen LogP contribution in [0.25, 0.3) is 0 Å². The first-order valence-corrected chi connectivity index (χ1v) is 6.91. The summed E-state index contributed by atoms with van der Waals surface area (Å²) in [7, 11) is -3.08. The number of hydrogen-bond acceptors (Lipinski definition) is 4. The number of rotatable bonds is 5. The fourth-order valence-corrected chi connectivity index (χ4v) is 2.35. The Morgan fingerprint density at radius 3 is 2.13 bits per heavy atom. The second-order valence-corrected chi connectivity index (χ2v) is 6.79. The molecule has 0 saturated carbocycles. The van der Waals surface area contributed by atoms with Gasteiger partial charge in [0, 0.05) is 5.75 Å². The molecule has 15 heavy (non-hydrogen) atoms. The van der Waals surface area contributed by atoms with Crippen molar-refractivity contribution in [3.05, 3.63) is 0 Å². The van der Waals surface area contributed by atoms with Gasteiger partial charge in [0.05, 0.1) is 12.2 Å². The van der Waals surface area contributed by atoms with E-state index in [-0.39, 0.29) is 17.9 Å². The van der Waals surface area contributed by atoms with E-state index in [0.29, 0.717) is 6.42 Å². The summed E-state index contributed by atoms with van der Waals surface area (Å²) in [6, 6.07) is 0. The minimum Gasteiger partial charge on any atom is -0.460 e. The van der Waals surface area contributed by atoms with Crippen molar-refractivity contribution in [3.8, 4) is 0 Å². The molecule has 0 radical (unpaired) electrons. The molecule has 0 aliphatic carbocycles. The topological polar surface area (TPSA) is 60.4 Å². The highest BCUT2D eigenvalue weighted by molar-refractivity contribution is 7.91. The van der Waals surface area contributed by atoms with Crippen LogP contribution >= 0.6 is 0 Å². The Labute approximate surface area is 91.9 Å². The first-order chi connectivity index (χ1) is 6.66. The third kappa shape index (κ3) is 8.42. The van der Waals surface area contributed by atoms with Crippen LogP contribution in [0.1, 0.15) is 40.5 Å². The lowest BCUT2D eigenvalue weighted by Gasteiger charge is -2.19. The van der Waals surface area contributed by atoms with Gasteiger partial charge in [-0.15, -0.1) is 0 Å². The molecule has 0 rings (SSSR count). The fourth-order valence-electron chi connectivity index (χ4n) is 1.04. The number of carbonyl (C=O) groups excluding carboxylic acids is 1. The predicted octanol–water partition coefficient (Wildman–Crippen LogP) is 1.54. The smallest absolute Gasteiger partial charge is 0.307 e. The highest BCUT2D eigenvalue weighted by Crippen LogP contribution is 2.09. The van der Waals surface area contributed by atoms with Crippen LogP contribution in [0.5, 0.6) is 0 Å². The van der Waals surface area contributed by atoms with Gasteiger partial charge in [0.15, 0.2) is 9.84 Å². The monoisotopic (exact) mass is 236 g/mol. The second kappa shape index (κ2) is 5.49. The fraction of sp³-hybridized carbons (Fsp3) is 0.900. The van der Waals surface area contributed by atoms with Crippen molar-refractivity contribution in [2.45, 2.75) is 46.1 Å². The van der Waals surface area contributed by atoms with Gasteiger partial charge >= 0.3 is 5.97 Å². The SMILES string of the molecule is CCCS(=O)(=O)CCC(=O)OC(C)(C)C. The summed E-state index contributed by atoms with van der Waals surface area (Å²) in [5, 5.41) is 0. The van der Waals surface area contributed by atoms with Gasteiger partial charge in [-0.05, 0) is 27.2 Å². The Bertz CT molecular complexity index is 298. The molecule has 0 heterocycles. The summed E-state index contributed by atoms with van der Waals surface area (Å²) in [5.74, 6) is -0.437. The van der Waals surface area contributed by atoms with Gasteiger partial charge in [0.1, 0.15) is 5.60 Å². The van der Waals surface area contributed by atoms with Crippen LogP contribution in [0.2, 0.25) is 0 Å². The van der Waals surface area contributed by atoms with Gasteiger partial charge in [0.25, 0.3) is 0 Å². The van der Waals surface area contributed by atoms with Crippen molar-refractivity contribution in [3.63, 3.8) is 0 Å². The van der Waals surface area contributed by atoms with Gasteiger partial charge < -0.3 is 4.74 Å². The van der Waals surface area contributed by atoms with E-state index < -0.39 is 21.4 Å². The number of hydrogen-bond donors (Lipinski definition) is 0. The van der Waals surface area contributed by atoms with Gasteiger partial charge in [-0.3, -0.25) is 4.79 Å². The first kappa shape index (κ1) is 14.4. The summed E-state index contributed by atoms with van der Waals surface area (Å²) < 4.78 is 27.6. The van der Waals surface area contributed by atoms with Crippen molar-refractivity contribution in [2.24, 2.45) is 0 Å². The lowest BCUT2D eigenvalue weighted by Crippen LogP contribution is -2.25. The predicted molar refractivity (Wildman–Crippen MR) is 59.4 cm³/mol. The quantitative estimate of drug-likeness (QED) is 0.679. The van der Waals surface area contributed by atoms with Crippen molar-refractivity contribution in [1.29, 1.82) is 0 Å². The molecule has 0 aromatic heterocycles. The summed E-state index contributed by atoms with van der Waals surface area (Å²) in [4.78, 5) is 11.2. The third-order valence-corrected chi connectivity index (χ3v) is 3.41. The number of ether oxygens (including phenoxy) is 1. The van der Waals surface area contributed by atoms with Gasteiger partial charge in [0.2, 0.25) is 0 Å². The highest BCUT2D eigenvalue weighted by Gasteiger charge is 2.18. The van der Waals surface area contributed by atoms with Crippen LogP contribution in [0.3, 0.4) is 0 Å². The van der Waals surface area contributed by atoms with Crippen LogP contribution in [0.4, 0.5) is 0 Å². The molecular formula is C10H20O4S. The van der Waals surface area contributed by atoms with Crippen LogP contribution in [0.15, 0.2) is 0 Å². The molecule has 0 fully saturated rings. The molecule has 0 aliphatic heterocycles. The Hall–Kier alpha value is -0.580. The average molecular weight is 236 g/mol. The molecule has 0 aromatic carbocycles. The van der Waals surface area contributed by atoms with Crippen LogP contribution < -0.4 is 0 Å². The Morgan fingerprint density at radius 2 is 1.73 bits per heavy atom. The van der Waals surface area contributed by atoms with Crippen molar-refractivity contribution < 1.29 is 17.9 Å². The Morgan fingerprint density at radius 1 is 1.20 bits per heavy atom. The molecule has 0 saturated heterocycles. The zero-order valence-corrected chi connectivity index (χ0v) is 10.7. The van der Waals surface area contributed by atoms with E-state index in [1.165, 1.54) is 0 Å². The molecule has 4 nitrogen and oxygen atoms in total. The van der Waals surface area contributed by atoms with Crippen LogP contribution in [-0.2, 0) is 19.4 Å². The van der Waals surface area contributed by atoms with Gasteiger partial charge in [-0.2, -0.15) is 0 Å². The van der Waals surface area contributed by atoms with E-state index in [0.717, 1.165) is 0 Å². The van der Waals surface area contributed by atoms with E-state index in [9.17, 15) is 13.2 Å². The normalized spacial score (nSPS) is 12.5. The molecule has 0 amide bonds. The summed E-state index contributed by atoms with van der Waals surface area (Å²) >= 11 is 0. The van der Waals surface area contributed by atoms with Crippen molar-refractivity contribution >= 4 is 15.8 Å². The van der Waals surface area contributed by atoms with E-state index in [1.807, 2.05) is 0 Å². The third-order valence-electron chi connectivity index (χ3n) is 1.55. The Balaban J connectivity index is 4.02. The minimum atomic E-state index is -3.08. The summed E-state index contributed by atoms with van der Waals surface area (Å²) in [5.41, 5.74) is -0.550. The van der Waals surface area contributed by atoms with E-state index in [2.05, 4.69) is 0 Å². The lowest BCUT2D eigenvalue weighted by molar-refractivity contribution is -0.154. The zero-order valence-electron chi connectivity index (χ0n) is 9.87. The number of carbonyl (C=O) groups is 1. The van der Waals surface area contributed by atoms with E-state index >= 15 is 0 Å². The largest absolute Gasteiger partial charge is 0.460 e. The van der Waals surface area contributed by atoms with Gasteiger partial charge in [-0.25, -0.2) is 8.42 Å². The summed E-state index contributed by atoms with van der Waals surface area (Å²) in [6.07, 6.45) is 0.524. The molecule has 0 N–H and O–H groups in total. The van der Waals surface area contributed by atoms with Crippen molar-refractivity contribution in [2.75, 3.05) is 11.5 Å². The highest BCUT2D eigenvalue weighted by atomic mass is 32.2. The summed E-state index contributed by atoms with van der Waals surface area (Å²) in [6.45, 7) is 7.06. The standard InChI is InChI=1S/C10H20O4S/c1-5-7-15(12,13)8-6-9(11)14-10(2,3)4/h5-8H2,1-4H3. The maximum Gasteiger partial charge on any atom is 0.307 e. The second-order valence-electron chi connectivity index (χ2n) is 4.49. The maximum absolute atomic E-state index is 11.3. The minimum absolute atomic E-state index is 0.0559. The molecule has 0 atom stereocenters.